The summed E-state index contributed by atoms with van der Waals surface area (Å²) in [7, 11) is 0. The topological polar surface area (TPSA) is 78.9 Å². The van der Waals surface area contributed by atoms with Gasteiger partial charge in [-0.05, 0) is 26.3 Å². The van der Waals surface area contributed by atoms with Crippen molar-refractivity contribution in [1.82, 2.24) is 10.2 Å². The Balaban J connectivity index is 0.00000180. The van der Waals surface area contributed by atoms with Gasteiger partial charge in [-0.15, -0.1) is 12.4 Å². The molecule has 0 aliphatic carbocycles. The van der Waals surface area contributed by atoms with Gasteiger partial charge in [-0.25, -0.2) is 0 Å². The van der Waals surface area contributed by atoms with Gasteiger partial charge in [-0.2, -0.15) is 0 Å². The predicted molar refractivity (Wildman–Crippen MR) is 71.0 cm³/mol. The monoisotopic (exact) mass is 292 g/mol. The minimum atomic E-state index is -0.900. The fourth-order valence-electron chi connectivity index (χ4n) is 2.72. The Morgan fingerprint density at radius 3 is 2.84 bits per heavy atom. The molecule has 2 aliphatic rings. The Morgan fingerprint density at radius 1 is 1.53 bits per heavy atom. The number of ether oxygens (including phenoxy) is 1. The van der Waals surface area contributed by atoms with E-state index in [-0.39, 0.29) is 36.2 Å². The zero-order valence-corrected chi connectivity index (χ0v) is 11.8. The second-order valence-corrected chi connectivity index (χ2v) is 4.75. The van der Waals surface area contributed by atoms with E-state index in [4.69, 9.17) is 4.74 Å². The number of piperidine rings is 1. The van der Waals surface area contributed by atoms with E-state index in [0.29, 0.717) is 26.1 Å². The van der Waals surface area contributed by atoms with Gasteiger partial charge in [0.05, 0.1) is 12.5 Å². The molecule has 0 bridgehead atoms. The molecule has 0 aromatic heterocycles. The maximum Gasteiger partial charge on any atom is 0.312 e. The van der Waals surface area contributed by atoms with Crippen LogP contribution in [0.4, 0.5) is 0 Å². The van der Waals surface area contributed by atoms with Gasteiger partial charge in [0.25, 0.3) is 5.91 Å². The third-order valence-corrected chi connectivity index (χ3v) is 3.65. The van der Waals surface area contributed by atoms with Crippen LogP contribution in [0.2, 0.25) is 0 Å². The van der Waals surface area contributed by atoms with Crippen LogP contribution in [-0.2, 0) is 14.3 Å². The first-order valence-corrected chi connectivity index (χ1v) is 6.51. The van der Waals surface area contributed by atoms with Gasteiger partial charge in [0.15, 0.2) is 0 Å². The molecule has 0 spiro atoms. The third-order valence-electron chi connectivity index (χ3n) is 3.65. The predicted octanol–water partition coefficient (Wildman–Crippen LogP) is -0.457. The summed E-state index contributed by atoms with van der Waals surface area (Å²) >= 11 is 0. The van der Waals surface area contributed by atoms with Crippen LogP contribution >= 0.6 is 12.4 Å². The molecule has 6 nitrogen and oxygen atoms in total. The van der Waals surface area contributed by atoms with Crippen LogP contribution in [0, 0.1) is 5.92 Å². The molecule has 2 saturated heterocycles. The Labute approximate surface area is 118 Å². The van der Waals surface area contributed by atoms with Gasteiger partial charge in [0, 0.05) is 19.1 Å². The van der Waals surface area contributed by atoms with Crippen LogP contribution in [0.3, 0.4) is 0 Å². The molecule has 7 heteroatoms. The van der Waals surface area contributed by atoms with Gasteiger partial charge in [-0.1, -0.05) is 0 Å². The lowest BCUT2D eigenvalue weighted by Crippen LogP contribution is -2.53. The smallest absolute Gasteiger partial charge is 0.312 e. The summed E-state index contributed by atoms with van der Waals surface area (Å²) in [4.78, 5) is 25.4. The highest BCUT2D eigenvalue weighted by Crippen LogP contribution is 2.24. The number of carbonyl (C=O) groups excluding carboxylic acids is 2. The van der Waals surface area contributed by atoms with Crippen molar-refractivity contribution in [1.29, 1.82) is 0 Å². The standard InChI is InChI=1S/C12H20N2O4.ClH/c1-2-18-12(17)8-7-13-5-3-9(8)14-6-4-10(15)11(14)16;/h8-10,13,15H,2-7H2,1H3;1H/t8?,9?,10-;/m1./s1. The lowest BCUT2D eigenvalue weighted by molar-refractivity contribution is -0.153. The summed E-state index contributed by atoms with van der Waals surface area (Å²) in [5.41, 5.74) is 0. The number of halogens is 1. The number of hydrogen-bond donors (Lipinski definition) is 2. The van der Waals surface area contributed by atoms with Gasteiger partial charge in [-0.3, -0.25) is 9.59 Å². The molecule has 3 atom stereocenters. The largest absolute Gasteiger partial charge is 0.466 e. The number of nitrogens with one attached hydrogen (secondary N) is 1. The number of esters is 1. The molecule has 0 aromatic rings. The maximum absolute atomic E-state index is 11.9. The highest BCUT2D eigenvalue weighted by Gasteiger charge is 2.42. The first-order valence-electron chi connectivity index (χ1n) is 6.51. The van der Waals surface area contributed by atoms with Crippen molar-refractivity contribution >= 4 is 24.3 Å². The van der Waals surface area contributed by atoms with E-state index in [1.165, 1.54) is 0 Å². The molecule has 110 valence electrons. The van der Waals surface area contributed by atoms with E-state index < -0.39 is 6.10 Å². The fourth-order valence-corrected chi connectivity index (χ4v) is 2.72. The van der Waals surface area contributed by atoms with Crippen molar-refractivity contribution in [3.8, 4) is 0 Å². The molecular formula is C12H21ClN2O4. The molecule has 2 heterocycles. The number of likely N-dealkylation sites (tertiary alicyclic amines) is 1. The summed E-state index contributed by atoms with van der Waals surface area (Å²) in [6, 6.07) is -0.144. The van der Waals surface area contributed by atoms with E-state index in [1.54, 1.807) is 11.8 Å². The van der Waals surface area contributed by atoms with Crippen LogP contribution in [0.25, 0.3) is 0 Å². The first kappa shape index (κ1) is 16.2. The van der Waals surface area contributed by atoms with Crippen LogP contribution in [0.5, 0.6) is 0 Å². The molecule has 1 amide bonds. The van der Waals surface area contributed by atoms with Gasteiger partial charge in [0.2, 0.25) is 0 Å². The fraction of sp³-hybridized carbons (Fsp3) is 0.833. The van der Waals surface area contributed by atoms with E-state index >= 15 is 0 Å². The highest BCUT2D eigenvalue weighted by atomic mass is 35.5. The second-order valence-electron chi connectivity index (χ2n) is 4.75. The molecule has 2 fully saturated rings. The summed E-state index contributed by atoms with van der Waals surface area (Å²) in [5, 5.41) is 12.7. The molecule has 2 unspecified atom stereocenters. The Morgan fingerprint density at radius 2 is 2.26 bits per heavy atom. The maximum atomic E-state index is 11.9. The summed E-state index contributed by atoms with van der Waals surface area (Å²) in [6.45, 7) is 3.96. The third kappa shape index (κ3) is 3.38. The van der Waals surface area contributed by atoms with Crippen LogP contribution in [-0.4, -0.2) is 60.3 Å². The van der Waals surface area contributed by atoms with Gasteiger partial charge >= 0.3 is 5.97 Å². The molecule has 19 heavy (non-hydrogen) atoms. The highest BCUT2D eigenvalue weighted by molar-refractivity contribution is 5.85. The number of aliphatic hydroxyl groups excluding tert-OH is 1. The molecule has 2 aliphatic heterocycles. The summed E-state index contributed by atoms with van der Waals surface area (Å²) in [5.74, 6) is -0.840. The van der Waals surface area contributed by atoms with Crippen molar-refractivity contribution in [2.24, 2.45) is 5.92 Å². The quantitative estimate of drug-likeness (QED) is 0.689. The first-order chi connectivity index (χ1) is 8.65. The lowest BCUT2D eigenvalue weighted by atomic mass is 9.92. The number of carbonyl (C=O) groups is 2. The van der Waals surface area contributed by atoms with Crippen molar-refractivity contribution in [3.63, 3.8) is 0 Å². The molecular weight excluding hydrogens is 272 g/mol. The summed E-state index contributed by atoms with van der Waals surface area (Å²) < 4.78 is 5.05. The van der Waals surface area contributed by atoms with E-state index in [9.17, 15) is 14.7 Å². The average Bonchev–Trinajstić information content (AvgIpc) is 2.70. The van der Waals surface area contributed by atoms with E-state index in [1.807, 2.05) is 0 Å². The van der Waals surface area contributed by atoms with Crippen molar-refractivity contribution < 1.29 is 19.4 Å². The number of rotatable bonds is 3. The number of nitrogens with zero attached hydrogens (tertiary/aromatic N) is 1. The number of aliphatic hydroxyl groups is 1. The molecule has 2 rings (SSSR count). The SMILES string of the molecule is CCOC(=O)C1CNCCC1N1CC[C@@H](O)C1=O.Cl. The Kier molecular flexibility index (Phi) is 6.03. The lowest BCUT2D eigenvalue weighted by Gasteiger charge is -2.36. The summed E-state index contributed by atoms with van der Waals surface area (Å²) in [6.07, 6.45) is 0.281. The molecule has 0 radical (unpaired) electrons. The van der Waals surface area contributed by atoms with Crippen LogP contribution < -0.4 is 5.32 Å². The Bertz CT molecular complexity index is 340. The second kappa shape index (κ2) is 7.07. The number of hydrogen-bond acceptors (Lipinski definition) is 5. The minimum Gasteiger partial charge on any atom is -0.466 e. The van der Waals surface area contributed by atoms with Crippen LogP contribution in [0.1, 0.15) is 19.8 Å². The van der Waals surface area contributed by atoms with Gasteiger partial charge < -0.3 is 20.1 Å². The zero-order valence-electron chi connectivity index (χ0n) is 11.0. The van der Waals surface area contributed by atoms with Crippen molar-refractivity contribution in [2.45, 2.75) is 31.9 Å². The molecule has 0 aromatic carbocycles. The van der Waals surface area contributed by atoms with Crippen LogP contribution in [0.15, 0.2) is 0 Å². The Hall–Kier alpha value is -0.850. The normalized spacial score (nSPS) is 30.9. The van der Waals surface area contributed by atoms with Gasteiger partial charge in [0.1, 0.15) is 6.10 Å². The minimum absolute atomic E-state index is 0. The molecule has 2 N–H and O–H groups in total. The molecule has 0 saturated carbocycles. The zero-order chi connectivity index (χ0) is 13.1. The number of amides is 1. The van der Waals surface area contributed by atoms with E-state index in [0.717, 1.165) is 13.0 Å². The van der Waals surface area contributed by atoms with E-state index in [2.05, 4.69) is 5.32 Å². The average molecular weight is 293 g/mol. The van der Waals surface area contributed by atoms with Crippen molar-refractivity contribution in [2.75, 3.05) is 26.2 Å². The van der Waals surface area contributed by atoms with Crippen molar-refractivity contribution in [3.05, 3.63) is 0 Å².